The first kappa shape index (κ1) is 15.8. The van der Waals surface area contributed by atoms with E-state index in [2.05, 4.69) is 15.6 Å². The molecule has 6 nitrogen and oxygen atoms in total. The summed E-state index contributed by atoms with van der Waals surface area (Å²) in [6, 6.07) is -0.237. The Morgan fingerprint density at radius 1 is 1.43 bits per heavy atom. The number of hydrogen-bond acceptors (Lipinski definition) is 4. The van der Waals surface area contributed by atoms with Crippen molar-refractivity contribution in [2.75, 3.05) is 13.1 Å². The molecule has 1 aliphatic rings. The molecule has 0 saturated heterocycles. The lowest BCUT2D eigenvalue weighted by molar-refractivity contribution is -0.142. The van der Waals surface area contributed by atoms with Crippen molar-refractivity contribution in [3.8, 4) is 0 Å². The first-order valence-corrected chi connectivity index (χ1v) is 8.09. The van der Waals surface area contributed by atoms with E-state index in [0.29, 0.717) is 25.9 Å². The van der Waals surface area contributed by atoms with Crippen molar-refractivity contribution in [2.45, 2.75) is 32.6 Å². The molecule has 1 fully saturated rings. The smallest absolute Gasteiger partial charge is 0.314 e. The van der Waals surface area contributed by atoms with Crippen molar-refractivity contribution in [3.05, 3.63) is 16.1 Å². The molecule has 0 aliphatic heterocycles. The lowest BCUT2D eigenvalue weighted by atomic mass is 9.96. The van der Waals surface area contributed by atoms with Gasteiger partial charge in [-0.2, -0.15) is 0 Å². The predicted molar refractivity (Wildman–Crippen MR) is 80.4 cm³/mol. The van der Waals surface area contributed by atoms with Crippen LogP contribution in [0.15, 0.2) is 5.38 Å². The van der Waals surface area contributed by atoms with Gasteiger partial charge in [0.15, 0.2) is 0 Å². The molecule has 1 aliphatic carbocycles. The zero-order valence-electron chi connectivity index (χ0n) is 12.1. The van der Waals surface area contributed by atoms with Gasteiger partial charge in [-0.25, -0.2) is 9.78 Å². The number of carbonyl (C=O) groups excluding carboxylic acids is 1. The Labute approximate surface area is 128 Å². The Morgan fingerprint density at radius 2 is 2.24 bits per heavy atom. The highest BCUT2D eigenvalue weighted by Gasteiger charge is 2.32. The van der Waals surface area contributed by atoms with E-state index in [-0.39, 0.29) is 17.9 Å². The molecule has 116 valence electrons. The van der Waals surface area contributed by atoms with E-state index in [9.17, 15) is 9.59 Å². The van der Waals surface area contributed by atoms with Crippen LogP contribution < -0.4 is 10.6 Å². The molecule has 3 N–H and O–H groups in total. The molecule has 0 radical (unpaired) electrons. The van der Waals surface area contributed by atoms with E-state index in [1.807, 2.05) is 12.3 Å². The Hall–Kier alpha value is -1.63. The third-order valence-electron chi connectivity index (χ3n) is 3.79. The number of nitrogens with zero attached hydrogens (tertiary/aromatic N) is 1. The van der Waals surface area contributed by atoms with Crippen LogP contribution >= 0.6 is 11.3 Å². The summed E-state index contributed by atoms with van der Waals surface area (Å²) >= 11 is 1.59. The molecule has 0 bridgehead atoms. The highest BCUT2D eigenvalue weighted by Crippen LogP contribution is 2.31. The number of carboxylic acids is 1. The van der Waals surface area contributed by atoms with Crippen LogP contribution in [-0.2, 0) is 11.2 Å². The van der Waals surface area contributed by atoms with E-state index in [4.69, 9.17) is 5.11 Å². The van der Waals surface area contributed by atoms with Gasteiger partial charge in [0.05, 0.1) is 10.9 Å². The van der Waals surface area contributed by atoms with Crippen molar-refractivity contribution in [3.63, 3.8) is 0 Å². The van der Waals surface area contributed by atoms with Crippen molar-refractivity contribution in [2.24, 2.45) is 11.8 Å². The number of carboxylic acid groups (broad SMARTS) is 1. The molecule has 0 spiro atoms. The maximum absolute atomic E-state index is 11.7. The van der Waals surface area contributed by atoms with Crippen LogP contribution in [0.3, 0.4) is 0 Å². The fraction of sp³-hybridized carbons (Fsp3) is 0.643. The molecule has 1 aromatic rings. The van der Waals surface area contributed by atoms with Crippen molar-refractivity contribution < 1.29 is 14.7 Å². The number of urea groups is 1. The third-order valence-corrected chi connectivity index (χ3v) is 4.82. The molecule has 1 saturated carbocycles. The van der Waals surface area contributed by atoms with Crippen LogP contribution in [0.1, 0.15) is 30.0 Å². The molecule has 21 heavy (non-hydrogen) atoms. The van der Waals surface area contributed by atoms with Crippen molar-refractivity contribution in [1.29, 1.82) is 0 Å². The van der Waals surface area contributed by atoms with Gasteiger partial charge in [0.2, 0.25) is 0 Å². The molecule has 2 rings (SSSR count). The molecular formula is C14H21N3O3S. The summed E-state index contributed by atoms with van der Waals surface area (Å²) in [5.74, 6) is -1.02. The van der Waals surface area contributed by atoms with E-state index < -0.39 is 5.97 Å². The van der Waals surface area contributed by atoms with Gasteiger partial charge in [-0.1, -0.05) is 6.42 Å². The van der Waals surface area contributed by atoms with Crippen LogP contribution in [0.2, 0.25) is 0 Å². The average Bonchev–Trinajstić information content (AvgIpc) is 3.05. The number of amides is 2. The number of nitrogens with one attached hydrogen (secondary N) is 2. The van der Waals surface area contributed by atoms with Gasteiger partial charge in [0.1, 0.15) is 0 Å². The van der Waals surface area contributed by atoms with Crippen LogP contribution in [-0.4, -0.2) is 35.2 Å². The summed E-state index contributed by atoms with van der Waals surface area (Å²) in [5, 5.41) is 17.6. The Bertz CT molecular complexity index is 503. The Balaban J connectivity index is 1.64. The minimum Gasteiger partial charge on any atom is -0.481 e. The fourth-order valence-corrected chi connectivity index (χ4v) is 3.47. The largest absolute Gasteiger partial charge is 0.481 e. The summed E-state index contributed by atoms with van der Waals surface area (Å²) in [4.78, 5) is 27.1. The summed E-state index contributed by atoms with van der Waals surface area (Å²) in [7, 11) is 0. The highest BCUT2D eigenvalue weighted by atomic mass is 32.1. The Kier molecular flexibility index (Phi) is 5.55. The first-order chi connectivity index (χ1) is 10.1. The van der Waals surface area contributed by atoms with Gasteiger partial charge in [-0.15, -0.1) is 11.3 Å². The van der Waals surface area contributed by atoms with Gasteiger partial charge < -0.3 is 15.7 Å². The number of thiazole rings is 1. The summed E-state index contributed by atoms with van der Waals surface area (Å²) in [6.07, 6.45) is 3.23. The second kappa shape index (κ2) is 7.40. The summed E-state index contributed by atoms with van der Waals surface area (Å²) in [6.45, 7) is 2.91. The number of aliphatic carboxylic acids is 1. The first-order valence-electron chi connectivity index (χ1n) is 7.21. The highest BCUT2D eigenvalue weighted by molar-refractivity contribution is 7.09. The van der Waals surface area contributed by atoms with Gasteiger partial charge in [-0.3, -0.25) is 4.79 Å². The van der Waals surface area contributed by atoms with E-state index >= 15 is 0 Å². The van der Waals surface area contributed by atoms with E-state index in [1.54, 1.807) is 11.3 Å². The second-order valence-electron chi connectivity index (χ2n) is 5.41. The van der Waals surface area contributed by atoms with Crippen LogP contribution in [0.5, 0.6) is 0 Å². The van der Waals surface area contributed by atoms with Gasteiger partial charge >= 0.3 is 12.0 Å². The maximum atomic E-state index is 11.7. The normalized spacial score (nSPS) is 21.2. The van der Waals surface area contributed by atoms with Crippen molar-refractivity contribution in [1.82, 2.24) is 15.6 Å². The van der Waals surface area contributed by atoms with Gasteiger partial charge in [-0.05, 0) is 25.7 Å². The van der Waals surface area contributed by atoms with E-state index in [1.165, 1.54) is 0 Å². The minimum atomic E-state index is -0.751. The number of aromatic nitrogens is 1. The number of rotatable bonds is 6. The lowest BCUT2D eigenvalue weighted by Gasteiger charge is -2.16. The zero-order valence-corrected chi connectivity index (χ0v) is 12.9. The van der Waals surface area contributed by atoms with Crippen LogP contribution in [0.25, 0.3) is 0 Å². The van der Waals surface area contributed by atoms with Gasteiger partial charge in [0, 0.05) is 30.6 Å². The van der Waals surface area contributed by atoms with Crippen LogP contribution in [0.4, 0.5) is 4.79 Å². The topological polar surface area (TPSA) is 91.3 Å². The fourth-order valence-electron chi connectivity index (χ4n) is 2.69. The Morgan fingerprint density at radius 3 is 2.90 bits per heavy atom. The number of carbonyl (C=O) groups is 2. The predicted octanol–water partition coefficient (Wildman–Crippen LogP) is 1.79. The minimum absolute atomic E-state index is 0.0508. The molecular weight excluding hydrogens is 290 g/mol. The quantitative estimate of drug-likeness (QED) is 0.747. The molecule has 1 heterocycles. The third kappa shape index (κ3) is 4.70. The molecule has 2 unspecified atom stereocenters. The second-order valence-corrected chi connectivity index (χ2v) is 6.35. The van der Waals surface area contributed by atoms with E-state index in [0.717, 1.165) is 23.5 Å². The number of aryl methyl sites for hydroxylation is 1. The standard InChI is InChI=1S/C14H21N3O3S/c1-9-8-21-12(17-9)5-6-15-14(20)16-7-10-3-2-4-11(10)13(18)19/h8,10-11H,2-7H2,1H3,(H,18,19)(H2,15,16,20). The molecule has 1 aromatic heterocycles. The maximum Gasteiger partial charge on any atom is 0.314 e. The monoisotopic (exact) mass is 311 g/mol. The number of hydrogen-bond donors (Lipinski definition) is 3. The average molecular weight is 311 g/mol. The van der Waals surface area contributed by atoms with Gasteiger partial charge in [0.25, 0.3) is 0 Å². The van der Waals surface area contributed by atoms with Crippen molar-refractivity contribution >= 4 is 23.3 Å². The van der Waals surface area contributed by atoms with Crippen LogP contribution in [0, 0.1) is 18.8 Å². The SMILES string of the molecule is Cc1csc(CCNC(=O)NCC2CCCC2C(=O)O)n1. The lowest BCUT2D eigenvalue weighted by Crippen LogP contribution is -2.40. The molecule has 0 aromatic carbocycles. The summed E-state index contributed by atoms with van der Waals surface area (Å²) in [5.41, 5.74) is 1.00. The summed E-state index contributed by atoms with van der Waals surface area (Å²) < 4.78 is 0. The molecule has 7 heteroatoms. The zero-order chi connectivity index (χ0) is 15.2. The molecule has 2 atom stereocenters. The molecule has 2 amide bonds.